The number of carbonyl (C=O) groups excluding carboxylic acids is 1. The molecule has 0 saturated carbocycles. The van der Waals surface area contributed by atoms with Crippen molar-refractivity contribution in [2.45, 2.75) is 6.10 Å². The molecule has 1 aliphatic rings. The van der Waals surface area contributed by atoms with Crippen LogP contribution in [-0.4, -0.2) is 23.6 Å². The van der Waals surface area contributed by atoms with E-state index in [4.69, 9.17) is 9.47 Å². The zero-order chi connectivity index (χ0) is 10.8. The summed E-state index contributed by atoms with van der Waals surface area (Å²) in [7, 11) is 0. The topological polar surface area (TPSA) is 82.0 Å². The van der Waals surface area contributed by atoms with Crippen molar-refractivity contribution < 1.29 is 19.2 Å². The first-order chi connectivity index (χ1) is 7.16. The lowest BCUT2D eigenvalue weighted by Crippen LogP contribution is -2.14. The average molecular weight is 209 g/mol. The molecule has 1 fully saturated rings. The maximum Gasteiger partial charge on any atom is 0.343 e. The van der Waals surface area contributed by atoms with E-state index in [1.165, 1.54) is 24.3 Å². The maximum atomic E-state index is 11.1. The molecule has 1 aromatic rings. The number of carbonyl (C=O) groups is 1. The van der Waals surface area contributed by atoms with E-state index in [2.05, 4.69) is 0 Å². The van der Waals surface area contributed by atoms with E-state index in [1.54, 1.807) is 0 Å². The summed E-state index contributed by atoms with van der Waals surface area (Å²) in [6.07, 6.45) is -0.472. The smallest absolute Gasteiger partial charge is 0.343 e. The molecule has 1 atom stereocenters. The standard InChI is InChI=1S/C9H7NO5/c11-9(8-5-14-8)15-7-3-1-6(2-4-7)10(12)13/h1-4,8H,5H2/t8-/m0/s1. The van der Waals surface area contributed by atoms with E-state index < -0.39 is 17.0 Å². The van der Waals surface area contributed by atoms with Crippen LogP contribution < -0.4 is 4.74 Å². The Labute approximate surface area is 84.6 Å². The molecule has 1 aromatic carbocycles. The van der Waals surface area contributed by atoms with Crippen LogP contribution >= 0.6 is 0 Å². The van der Waals surface area contributed by atoms with Gasteiger partial charge in [0.2, 0.25) is 0 Å². The molecule has 0 radical (unpaired) electrons. The van der Waals surface area contributed by atoms with Crippen molar-refractivity contribution in [3.05, 3.63) is 34.4 Å². The normalized spacial score (nSPS) is 18.3. The van der Waals surface area contributed by atoms with Gasteiger partial charge in [0, 0.05) is 12.1 Å². The molecule has 1 heterocycles. The van der Waals surface area contributed by atoms with Gasteiger partial charge in [0.25, 0.3) is 5.69 Å². The van der Waals surface area contributed by atoms with Gasteiger partial charge in [-0.3, -0.25) is 10.1 Å². The second-order valence-electron chi connectivity index (χ2n) is 2.99. The van der Waals surface area contributed by atoms with Crippen LogP contribution in [0.3, 0.4) is 0 Å². The largest absolute Gasteiger partial charge is 0.425 e. The Morgan fingerprint density at radius 3 is 2.53 bits per heavy atom. The number of non-ortho nitro benzene ring substituents is 1. The van der Waals surface area contributed by atoms with Crippen LogP contribution in [-0.2, 0) is 9.53 Å². The minimum Gasteiger partial charge on any atom is -0.425 e. The molecule has 6 nitrogen and oxygen atoms in total. The molecule has 0 bridgehead atoms. The molecular formula is C9H7NO5. The zero-order valence-corrected chi connectivity index (χ0v) is 7.58. The molecule has 78 valence electrons. The van der Waals surface area contributed by atoms with Crippen LogP contribution in [0.15, 0.2) is 24.3 Å². The van der Waals surface area contributed by atoms with Crippen LogP contribution in [0.1, 0.15) is 0 Å². The third-order valence-electron chi connectivity index (χ3n) is 1.86. The number of hydrogen-bond donors (Lipinski definition) is 0. The number of nitro groups is 1. The monoisotopic (exact) mass is 209 g/mol. The van der Waals surface area contributed by atoms with Crippen molar-refractivity contribution in [3.8, 4) is 5.75 Å². The van der Waals surface area contributed by atoms with E-state index in [1.807, 2.05) is 0 Å². The molecule has 0 aromatic heterocycles. The Bertz CT molecular complexity index is 395. The van der Waals surface area contributed by atoms with Gasteiger partial charge in [0.15, 0.2) is 6.10 Å². The fraction of sp³-hybridized carbons (Fsp3) is 0.222. The SMILES string of the molecule is O=C(Oc1ccc([N+](=O)[O-])cc1)[C@@H]1CO1. The van der Waals surface area contributed by atoms with Gasteiger partial charge in [-0.1, -0.05) is 0 Å². The summed E-state index contributed by atoms with van der Waals surface area (Å²) in [6.45, 7) is 0.381. The number of epoxide rings is 1. The Morgan fingerprint density at radius 2 is 2.07 bits per heavy atom. The predicted octanol–water partition coefficient (Wildman–Crippen LogP) is 0.899. The van der Waals surface area contributed by atoms with Crippen molar-refractivity contribution >= 4 is 11.7 Å². The van der Waals surface area contributed by atoms with Gasteiger partial charge in [0.1, 0.15) is 5.75 Å². The number of esters is 1. The third-order valence-corrected chi connectivity index (χ3v) is 1.86. The molecular weight excluding hydrogens is 202 g/mol. The lowest BCUT2D eigenvalue weighted by atomic mass is 10.3. The number of nitrogens with zero attached hydrogens (tertiary/aromatic N) is 1. The number of rotatable bonds is 3. The molecule has 0 aliphatic carbocycles. The van der Waals surface area contributed by atoms with Crippen molar-refractivity contribution in [2.24, 2.45) is 0 Å². The Balaban J connectivity index is 2.03. The van der Waals surface area contributed by atoms with Crippen molar-refractivity contribution in [1.82, 2.24) is 0 Å². The van der Waals surface area contributed by atoms with Crippen molar-refractivity contribution in [1.29, 1.82) is 0 Å². The summed E-state index contributed by atoms with van der Waals surface area (Å²) in [5.74, 6) is -0.190. The van der Waals surface area contributed by atoms with Crippen LogP contribution in [0.5, 0.6) is 5.75 Å². The minimum atomic E-state index is -0.518. The van der Waals surface area contributed by atoms with Crippen LogP contribution in [0.25, 0.3) is 0 Å². The highest BCUT2D eigenvalue weighted by Gasteiger charge is 2.33. The average Bonchev–Trinajstić information content (AvgIpc) is 3.01. The first kappa shape index (κ1) is 9.60. The van der Waals surface area contributed by atoms with E-state index in [0.29, 0.717) is 6.61 Å². The molecule has 1 aliphatic heterocycles. The van der Waals surface area contributed by atoms with Gasteiger partial charge in [-0.15, -0.1) is 0 Å². The quantitative estimate of drug-likeness (QED) is 0.243. The van der Waals surface area contributed by atoms with Gasteiger partial charge >= 0.3 is 5.97 Å². The van der Waals surface area contributed by atoms with E-state index in [9.17, 15) is 14.9 Å². The lowest BCUT2D eigenvalue weighted by Gasteiger charge is -2.00. The summed E-state index contributed by atoms with van der Waals surface area (Å²) in [5.41, 5.74) is -0.0440. The number of ether oxygens (including phenoxy) is 2. The first-order valence-electron chi connectivity index (χ1n) is 4.24. The Morgan fingerprint density at radius 1 is 1.47 bits per heavy atom. The van der Waals surface area contributed by atoms with E-state index in [0.717, 1.165) is 0 Å². The lowest BCUT2D eigenvalue weighted by molar-refractivity contribution is -0.384. The van der Waals surface area contributed by atoms with E-state index in [-0.39, 0.29) is 11.4 Å². The zero-order valence-electron chi connectivity index (χ0n) is 7.58. The summed E-state index contributed by atoms with van der Waals surface area (Å²) in [6, 6.07) is 5.30. The van der Waals surface area contributed by atoms with Crippen molar-refractivity contribution in [3.63, 3.8) is 0 Å². The number of nitro benzene ring substituents is 1. The van der Waals surface area contributed by atoms with Gasteiger partial charge < -0.3 is 9.47 Å². The van der Waals surface area contributed by atoms with Gasteiger partial charge in [-0.05, 0) is 12.1 Å². The fourth-order valence-corrected chi connectivity index (χ4v) is 1.00. The van der Waals surface area contributed by atoms with Crippen LogP contribution in [0, 0.1) is 10.1 Å². The van der Waals surface area contributed by atoms with Gasteiger partial charge in [-0.2, -0.15) is 0 Å². The number of hydrogen-bond acceptors (Lipinski definition) is 5. The van der Waals surface area contributed by atoms with E-state index >= 15 is 0 Å². The fourth-order valence-electron chi connectivity index (χ4n) is 1.00. The maximum absolute atomic E-state index is 11.1. The predicted molar refractivity (Wildman–Crippen MR) is 48.5 cm³/mol. The second kappa shape index (κ2) is 3.66. The molecule has 0 amide bonds. The molecule has 0 unspecified atom stereocenters. The molecule has 0 N–H and O–H groups in total. The highest BCUT2D eigenvalue weighted by molar-refractivity contribution is 5.79. The highest BCUT2D eigenvalue weighted by Crippen LogP contribution is 2.19. The number of benzene rings is 1. The Kier molecular flexibility index (Phi) is 2.34. The summed E-state index contributed by atoms with van der Waals surface area (Å²) >= 11 is 0. The molecule has 15 heavy (non-hydrogen) atoms. The molecule has 6 heteroatoms. The molecule has 0 spiro atoms. The highest BCUT2D eigenvalue weighted by atomic mass is 16.6. The summed E-state index contributed by atoms with van der Waals surface area (Å²) in [5, 5.41) is 10.3. The molecule has 1 saturated heterocycles. The van der Waals surface area contributed by atoms with Crippen LogP contribution in [0.4, 0.5) is 5.69 Å². The molecule has 2 rings (SSSR count). The summed E-state index contributed by atoms with van der Waals surface area (Å²) < 4.78 is 9.61. The summed E-state index contributed by atoms with van der Waals surface area (Å²) in [4.78, 5) is 20.9. The van der Waals surface area contributed by atoms with Gasteiger partial charge in [0.05, 0.1) is 11.5 Å². The minimum absolute atomic E-state index is 0.0440. The van der Waals surface area contributed by atoms with Crippen LogP contribution in [0.2, 0.25) is 0 Å². The Hall–Kier alpha value is -1.95. The third kappa shape index (κ3) is 2.29. The van der Waals surface area contributed by atoms with Crippen molar-refractivity contribution in [2.75, 3.05) is 6.61 Å². The first-order valence-corrected chi connectivity index (χ1v) is 4.24. The second-order valence-corrected chi connectivity index (χ2v) is 2.99. The van der Waals surface area contributed by atoms with Gasteiger partial charge in [-0.25, -0.2) is 4.79 Å².